The Labute approximate surface area is 134 Å². The smallest absolute Gasteiger partial charge is 0.225 e. The molecular formula is C17H17ClFNO2. The third-order valence-electron chi connectivity index (χ3n) is 3.37. The van der Waals surface area contributed by atoms with Crippen LogP contribution >= 0.6 is 11.6 Å². The molecule has 0 spiro atoms. The predicted octanol–water partition coefficient (Wildman–Crippen LogP) is 3.91. The number of benzene rings is 2. The summed E-state index contributed by atoms with van der Waals surface area (Å²) in [5.41, 5.74) is 1.12. The number of halogens is 2. The zero-order valence-corrected chi connectivity index (χ0v) is 13.2. The van der Waals surface area contributed by atoms with Crippen LogP contribution in [-0.2, 0) is 11.2 Å². The van der Waals surface area contributed by atoms with Gasteiger partial charge in [0.25, 0.3) is 0 Å². The quantitative estimate of drug-likeness (QED) is 0.906. The van der Waals surface area contributed by atoms with E-state index < -0.39 is 5.82 Å². The van der Waals surface area contributed by atoms with Gasteiger partial charge in [-0.05, 0) is 36.8 Å². The number of amides is 1. The van der Waals surface area contributed by atoms with Crippen LogP contribution < -0.4 is 10.1 Å². The SMILES string of the molecule is COc1cccc(C(C)NC(=O)Cc2c(F)cccc2Cl)c1. The molecule has 3 nitrogen and oxygen atoms in total. The molecule has 2 rings (SSSR count). The van der Waals surface area contributed by atoms with Crippen molar-refractivity contribution in [1.82, 2.24) is 5.32 Å². The molecule has 0 aliphatic carbocycles. The molecule has 0 aliphatic rings. The third-order valence-corrected chi connectivity index (χ3v) is 3.72. The number of carbonyl (C=O) groups excluding carboxylic acids is 1. The summed E-state index contributed by atoms with van der Waals surface area (Å²) in [5, 5.41) is 3.08. The summed E-state index contributed by atoms with van der Waals surface area (Å²) in [5.74, 6) is -0.0465. The average molecular weight is 322 g/mol. The van der Waals surface area contributed by atoms with E-state index in [0.29, 0.717) is 0 Å². The molecule has 0 saturated carbocycles. The van der Waals surface area contributed by atoms with Crippen molar-refractivity contribution in [3.8, 4) is 5.75 Å². The van der Waals surface area contributed by atoms with Gasteiger partial charge in [-0.1, -0.05) is 29.8 Å². The van der Waals surface area contributed by atoms with Gasteiger partial charge in [-0.25, -0.2) is 4.39 Å². The zero-order chi connectivity index (χ0) is 16.1. The number of rotatable bonds is 5. The molecule has 22 heavy (non-hydrogen) atoms. The van der Waals surface area contributed by atoms with Crippen molar-refractivity contribution in [1.29, 1.82) is 0 Å². The molecule has 0 radical (unpaired) electrons. The molecule has 1 amide bonds. The lowest BCUT2D eigenvalue weighted by Crippen LogP contribution is -2.28. The standard InChI is InChI=1S/C17H17ClFNO2/c1-11(12-5-3-6-13(9-12)22-2)20-17(21)10-14-15(18)7-4-8-16(14)19/h3-9,11H,10H2,1-2H3,(H,20,21). The van der Waals surface area contributed by atoms with E-state index in [4.69, 9.17) is 16.3 Å². The minimum atomic E-state index is -0.475. The van der Waals surface area contributed by atoms with Crippen LogP contribution in [-0.4, -0.2) is 13.0 Å². The minimum absolute atomic E-state index is 0.0974. The van der Waals surface area contributed by atoms with Crippen molar-refractivity contribution in [3.05, 3.63) is 64.4 Å². The van der Waals surface area contributed by atoms with Gasteiger partial charge < -0.3 is 10.1 Å². The van der Waals surface area contributed by atoms with Gasteiger partial charge in [0.15, 0.2) is 0 Å². The fourth-order valence-corrected chi connectivity index (χ4v) is 2.38. The van der Waals surface area contributed by atoms with Gasteiger partial charge in [-0.15, -0.1) is 0 Å². The van der Waals surface area contributed by atoms with Crippen LogP contribution in [0.2, 0.25) is 5.02 Å². The zero-order valence-electron chi connectivity index (χ0n) is 12.4. The normalized spacial score (nSPS) is 11.8. The number of hydrogen-bond acceptors (Lipinski definition) is 2. The van der Waals surface area contributed by atoms with E-state index in [1.54, 1.807) is 13.2 Å². The first-order valence-corrected chi connectivity index (χ1v) is 7.25. The van der Waals surface area contributed by atoms with Crippen molar-refractivity contribution < 1.29 is 13.9 Å². The molecule has 1 N–H and O–H groups in total. The maximum Gasteiger partial charge on any atom is 0.225 e. The van der Waals surface area contributed by atoms with Gasteiger partial charge in [0.05, 0.1) is 19.6 Å². The van der Waals surface area contributed by atoms with Crippen LogP contribution in [0.4, 0.5) is 4.39 Å². The number of hydrogen-bond donors (Lipinski definition) is 1. The molecule has 0 aliphatic heterocycles. The van der Waals surface area contributed by atoms with Crippen molar-refractivity contribution in [3.63, 3.8) is 0 Å². The first-order chi connectivity index (χ1) is 10.5. The molecule has 0 fully saturated rings. The molecule has 2 aromatic rings. The van der Waals surface area contributed by atoms with Crippen LogP contribution in [0.25, 0.3) is 0 Å². The predicted molar refractivity (Wildman–Crippen MR) is 84.7 cm³/mol. The molecule has 2 aromatic carbocycles. The largest absolute Gasteiger partial charge is 0.497 e. The van der Waals surface area contributed by atoms with Crippen molar-refractivity contribution in [2.24, 2.45) is 0 Å². The lowest BCUT2D eigenvalue weighted by atomic mass is 10.1. The molecule has 5 heteroatoms. The highest BCUT2D eigenvalue weighted by molar-refractivity contribution is 6.31. The Bertz CT molecular complexity index is 655. The summed E-state index contributed by atoms with van der Waals surface area (Å²) in [7, 11) is 1.59. The highest BCUT2D eigenvalue weighted by Gasteiger charge is 2.14. The van der Waals surface area contributed by atoms with Crippen molar-refractivity contribution in [2.75, 3.05) is 7.11 Å². The summed E-state index contributed by atoms with van der Waals surface area (Å²) < 4.78 is 18.8. The molecule has 0 saturated heterocycles. The van der Waals surface area contributed by atoms with E-state index >= 15 is 0 Å². The Morgan fingerprint density at radius 2 is 2.05 bits per heavy atom. The van der Waals surface area contributed by atoms with Gasteiger partial charge in [0, 0.05) is 10.6 Å². The summed E-state index contributed by atoms with van der Waals surface area (Å²) in [6.45, 7) is 1.86. The number of carbonyl (C=O) groups is 1. The van der Waals surface area contributed by atoms with Gasteiger partial charge in [0.2, 0.25) is 5.91 Å². The Morgan fingerprint density at radius 1 is 1.32 bits per heavy atom. The van der Waals surface area contributed by atoms with Gasteiger partial charge in [-0.3, -0.25) is 4.79 Å². The van der Waals surface area contributed by atoms with Crippen LogP contribution in [0.5, 0.6) is 5.75 Å². The maximum absolute atomic E-state index is 13.7. The van der Waals surface area contributed by atoms with Crippen LogP contribution in [0.15, 0.2) is 42.5 Å². The number of nitrogens with one attached hydrogen (secondary N) is 1. The van der Waals surface area contributed by atoms with E-state index in [-0.39, 0.29) is 29.0 Å². The van der Waals surface area contributed by atoms with E-state index in [2.05, 4.69) is 5.32 Å². The summed E-state index contributed by atoms with van der Waals surface area (Å²) in [6, 6.07) is 11.6. The Hall–Kier alpha value is -2.07. The minimum Gasteiger partial charge on any atom is -0.497 e. The monoisotopic (exact) mass is 321 g/mol. The summed E-state index contributed by atoms with van der Waals surface area (Å²) >= 11 is 5.93. The Morgan fingerprint density at radius 3 is 2.73 bits per heavy atom. The number of ether oxygens (including phenoxy) is 1. The molecule has 0 aromatic heterocycles. The highest BCUT2D eigenvalue weighted by atomic mass is 35.5. The van der Waals surface area contributed by atoms with Gasteiger partial charge in [-0.2, -0.15) is 0 Å². The third kappa shape index (κ3) is 3.98. The maximum atomic E-state index is 13.7. The molecule has 1 atom stereocenters. The molecule has 0 bridgehead atoms. The van der Waals surface area contributed by atoms with Gasteiger partial charge >= 0.3 is 0 Å². The van der Waals surface area contributed by atoms with Crippen molar-refractivity contribution in [2.45, 2.75) is 19.4 Å². The molecular weight excluding hydrogens is 305 g/mol. The van der Waals surface area contributed by atoms with Crippen LogP contribution in [0.1, 0.15) is 24.1 Å². The first kappa shape index (κ1) is 16.3. The fourth-order valence-electron chi connectivity index (χ4n) is 2.15. The highest BCUT2D eigenvalue weighted by Crippen LogP contribution is 2.21. The second-order valence-corrected chi connectivity index (χ2v) is 5.35. The Kier molecular flexibility index (Phi) is 5.39. The Balaban J connectivity index is 2.05. The van der Waals surface area contributed by atoms with Crippen LogP contribution in [0.3, 0.4) is 0 Å². The lowest BCUT2D eigenvalue weighted by molar-refractivity contribution is -0.121. The van der Waals surface area contributed by atoms with E-state index in [9.17, 15) is 9.18 Å². The molecule has 1 unspecified atom stereocenters. The number of methoxy groups -OCH3 is 1. The fraction of sp³-hybridized carbons (Fsp3) is 0.235. The lowest BCUT2D eigenvalue weighted by Gasteiger charge is -2.15. The summed E-state index contributed by atoms with van der Waals surface area (Å²) in [4.78, 5) is 12.1. The summed E-state index contributed by atoms with van der Waals surface area (Å²) in [6.07, 6.45) is -0.0974. The van der Waals surface area contributed by atoms with E-state index in [1.807, 2.05) is 31.2 Å². The van der Waals surface area contributed by atoms with E-state index in [1.165, 1.54) is 12.1 Å². The first-order valence-electron chi connectivity index (χ1n) is 6.87. The van der Waals surface area contributed by atoms with Crippen molar-refractivity contribution >= 4 is 17.5 Å². The molecule has 0 heterocycles. The topological polar surface area (TPSA) is 38.3 Å². The second-order valence-electron chi connectivity index (χ2n) is 4.94. The van der Waals surface area contributed by atoms with E-state index in [0.717, 1.165) is 11.3 Å². The molecule has 116 valence electrons. The van der Waals surface area contributed by atoms with Crippen LogP contribution in [0, 0.1) is 5.82 Å². The second kappa shape index (κ2) is 7.27. The average Bonchev–Trinajstić information content (AvgIpc) is 2.51. The van der Waals surface area contributed by atoms with Gasteiger partial charge in [0.1, 0.15) is 11.6 Å².